The van der Waals surface area contributed by atoms with Crippen LogP contribution in [0.5, 0.6) is 0 Å². The SMILES string of the molecule is CCNc1scc2c1CN(C1(C)CCC(=O)NC1=O)C2=O. The Hall–Kier alpha value is -1.89. The molecule has 1 aromatic heterocycles. The average Bonchev–Trinajstić information content (AvgIpc) is 2.97. The van der Waals surface area contributed by atoms with Gasteiger partial charge in [0.25, 0.3) is 11.8 Å². The van der Waals surface area contributed by atoms with Crippen LogP contribution in [0.15, 0.2) is 5.38 Å². The molecule has 3 heterocycles. The topological polar surface area (TPSA) is 78.5 Å². The summed E-state index contributed by atoms with van der Waals surface area (Å²) in [6.45, 7) is 4.93. The maximum atomic E-state index is 12.6. The van der Waals surface area contributed by atoms with E-state index in [1.807, 2.05) is 12.3 Å². The smallest absolute Gasteiger partial charge is 0.256 e. The molecule has 1 atom stereocenters. The minimum atomic E-state index is -0.953. The fourth-order valence-electron chi connectivity index (χ4n) is 2.85. The quantitative estimate of drug-likeness (QED) is 0.826. The van der Waals surface area contributed by atoms with E-state index in [1.54, 1.807) is 11.8 Å². The Labute approximate surface area is 126 Å². The van der Waals surface area contributed by atoms with E-state index in [2.05, 4.69) is 10.6 Å². The molecule has 7 heteroatoms. The molecule has 1 saturated heterocycles. The minimum Gasteiger partial charge on any atom is -0.377 e. The summed E-state index contributed by atoms with van der Waals surface area (Å²) in [7, 11) is 0. The Morgan fingerprint density at radius 2 is 2.19 bits per heavy atom. The molecule has 2 aliphatic rings. The fourth-order valence-corrected chi connectivity index (χ4v) is 3.88. The largest absolute Gasteiger partial charge is 0.377 e. The standard InChI is InChI=1S/C14H17N3O3S/c1-3-15-11-8-6-17(12(19)9(8)7-21-11)14(2)5-4-10(18)16-13(14)20/h7,15H,3-6H2,1-2H3,(H,16,18,20). The maximum Gasteiger partial charge on any atom is 0.256 e. The van der Waals surface area contributed by atoms with Crippen molar-refractivity contribution in [2.45, 2.75) is 38.8 Å². The number of thiophene rings is 1. The van der Waals surface area contributed by atoms with Gasteiger partial charge < -0.3 is 10.2 Å². The zero-order valence-electron chi connectivity index (χ0n) is 12.0. The number of rotatable bonds is 3. The number of piperidine rings is 1. The predicted molar refractivity (Wildman–Crippen MR) is 79.1 cm³/mol. The van der Waals surface area contributed by atoms with Crippen molar-refractivity contribution in [3.8, 4) is 0 Å². The van der Waals surface area contributed by atoms with Crippen molar-refractivity contribution in [3.63, 3.8) is 0 Å². The van der Waals surface area contributed by atoms with Crippen LogP contribution in [0.1, 0.15) is 42.6 Å². The highest BCUT2D eigenvalue weighted by atomic mass is 32.1. The summed E-state index contributed by atoms with van der Waals surface area (Å²) in [6.07, 6.45) is 0.632. The van der Waals surface area contributed by atoms with Crippen LogP contribution in [-0.2, 0) is 16.1 Å². The molecule has 3 rings (SSSR count). The van der Waals surface area contributed by atoms with E-state index < -0.39 is 5.54 Å². The Morgan fingerprint density at radius 1 is 1.43 bits per heavy atom. The van der Waals surface area contributed by atoms with Gasteiger partial charge in [-0.3, -0.25) is 19.7 Å². The van der Waals surface area contributed by atoms with Crippen molar-refractivity contribution < 1.29 is 14.4 Å². The molecule has 2 aliphatic heterocycles. The van der Waals surface area contributed by atoms with Crippen molar-refractivity contribution in [2.24, 2.45) is 0 Å². The van der Waals surface area contributed by atoms with Crippen molar-refractivity contribution in [1.29, 1.82) is 0 Å². The van der Waals surface area contributed by atoms with Crippen molar-refractivity contribution in [1.82, 2.24) is 10.2 Å². The number of hydrogen-bond donors (Lipinski definition) is 2. The van der Waals surface area contributed by atoms with Crippen LogP contribution in [0.25, 0.3) is 0 Å². The molecular weight excluding hydrogens is 290 g/mol. The van der Waals surface area contributed by atoms with E-state index in [4.69, 9.17) is 0 Å². The second-order valence-corrected chi connectivity index (χ2v) is 6.41. The zero-order valence-corrected chi connectivity index (χ0v) is 12.8. The number of imide groups is 1. The molecule has 0 radical (unpaired) electrons. The number of hydrogen-bond acceptors (Lipinski definition) is 5. The van der Waals surface area contributed by atoms with Crippen LogP contribution in [0, 0.1) is 0 Å². The van der Waals surface area contributed by atoms with Crippen molar-refractivity contribution in [3.05, 3.63) is 16.5 Å². The van der Waals surface area contributed by atoms with Gasteiger partial charge in [-0.1, -0.05) is 0 Å². The van der Waals surface area contributed by atoms with Crippen molar-refractivity contribution in [2.75, 3.05) is 11.9 Å². The Bertz CT molecular complexity index is 639. The first kappa shape index (κ1) is 14.1. The average molecular weight is 307 g/mol. The van der Waals surface area contributed by atoms with Gasteiger partial charge in [-0.05, 0) is 20.3 Å². The molecule has 21 heavy (non-hydrogen) atoms. The van der Waals surface area contributed by atoms with E-state index in [1.165, 1.54) is 11.3 Å². The Balaban J connectivity index is 1.90. The van der Waals surface area contributed by atoms with E-state index >= 15 is 0 Å². The van der Waals surface area contributed by atoms with Crippen LogP contribution in [0.4, 0.5) is 5.00 Å². The lowest BCUT2D eigenvalue weighted by Gasteiger charge is -2.39. The number of anilines is 1. The molecular formula is C14H17N3O3S. The third kappa shape index (κ3) is 2.03. The van der Waals surface area contributed by atoms with Crippen LogP contribution in [0.2, 0.25) is 0 Å². The second-order valence-electron chi connectivity index (χ2n) is 5.53. The molecule has 0 bridgehead atoms. The maximum absolute atomic E-state index is 12.6. The van der Waals surface area contributed by atoms with Crippen LogP contribution in [-0.4, -0.2) is 34.7 Å². The van der Waals surface area contributed by atoms with Crippen molar-refractivity contribution >= 4 is 34.1 Å². The predicted octanol–water partition coefficient (Wildman–Crippen LogP) is 1.33. The number of fused-ring (bicyclic) bond motifs is 1. The first-order chi connectivity index (χ1) is 9.97. The Kier molecular flexibility index (Phi) is 3.24. The highest BCUT2D eigenvalue weighted by Crippen LogP contribution is 2.40. The number of carbonyl (C=O) groups is 3. The normalized spacial score (nSPS) is 25.0. The van der Waals surface area contributed by atoms with Crippen LogP contribution >= 0.6 is 11.3 Å². The summed E-state index contributed by atoms with van der Waals surface area (Å²) in [5.74, 6) is -0.782. The van der Waals surface area contributed by atoms with E-state index in [-0.39, 0.29) is 24.1 Å². The summed E-state index contributed by atoms with van der Waals surface area (Å²) >= 11 is 1.52. The van der Waals surface area contributed by atoms with Gasteiger partial charge in [-0.15, -0.1) is 11.3 Å². The van der Waals surface area contributed by atoms with E-state index in [0.717, 1.165) is 17.1 Å². The second kappa shape index (κ2) is 4.84. The van der Waals surface area contributed by atoms with Gasteiger partial charge >= 0.3 is 0 Å². The third-order valence-electron chi connectivity index (χ3n) is 4.20. The van der Waals surface area contributed by atoms with Gasteiger partial charge in [0, 0.05) is 23.9 Å². The summed E-state index contributed by atoms with van der Waals surface area (Å²) in [4.78, 5) is 37.7. The monoisotopic (exact) mass is 307 g/mol. The van der Waals surface area contributed by atoms with Gasteiger partial charge in [-0.25, -0.2) is 0 Å². The number of nitrogens with one attached hydrogen (secondary N) is 2. The summed E-state index contributed by atoms with van der Waals surface area (Å²) in [6, 6.07) is 0. The number of carbonyl (C=O) groups excluding carboxylic acids is 3. The lowest BCUT2D eigenvalue weighted by molar-refractivity contribution is -0.142. The number of nitrogens with zero attached hydrogens (tertiary/aromatic N) is 1. The minimum absolute atomic E-state index is 0.127. The van der Waals surface area contributed by atoms with Crippen LogP contribution < -0.4 is 10.6 Å². The van der Waals surface area contributed by atoms with Crippen LogP contribution in [0.3, 0.4) is 0 Å². The molecule has 1 aromatic rings. The molecule has 0 spiro atoms. The summed E-state index contributed by atoms with van der Waals surface area (Å²) < 4.78 is 0. The Morgan fingerprint density at radius 3 is 2.86 bits per heavy atom. The molecule has 0 saturated carbocycles. The lowest BCUT2D eigenvalue weighted by Crippen LogP contribution is -2.61. The molecule has 3 amide bonds. The summed E-state index contributed by atoms with van der Waals surface area (Å²) in [5.41, 5.74) is 0.671. The molecule has 112 valence electrons. The molecule has 1 fully saturated rings. The molecule has 1 unspecified atom stereocenters. The van der Waals surface area contributed by atoms with Gasteiger partial charge in [0.1, 0.15) is 5.54 Å². The zero-order chi connectivity index (χ0) is 15.2. The highest BCUT2D eigenvalue weighted by molar-refractivity contribution is 7.14. The molecule has 0 aromatic carbocycles. The van der Waals surface area contributed by atoms with E-state index in [9.17, 15) is 14.4 Å². The molecule has 2 N–H and O–H groups in total. The third-order valence-corrected chi connectivity index (χ3v) is 5.18. The van der Waals surface area contributed by atoms with Gasteiger partial charge in [0.05, 0.1) is 17.1 Å². The fraction of sp³-hybridized carbons (Fsp3) is 0.500. The van der Waals surface area contributed by atoms with Gasteiger partial charge in [-0.2, -0.15) is 0 Å². The number of amides is 3. The first-order valence-electron chi connectivity index (χ1n) is 6.98. The molecule has 6 nitrogen and oxygen atoms in total. The summed E-state index contributed by atoms with van der Waals surface area (Å²) in [5, 5.41) is 8.41. The van der Waals surface area contributed by atoms with E-state index in [0.29, 0.717) is 18.5 Å². The highest BCUT2D eigenvalue weighted by Gasteiger charge is 2.49. The molecule has 0 aliphatic carbocycles. The van der Waals surface area contributed by atoms with Gasteiger partial charge in [0.15, 0.2) is 0 Å². The first-order valence-corrected chi connectivity index (χ1v) is 7.86. The van der Waals surface area contributed by atoms with Gasteiger partial charge in [0.2, 0.25) is 5.91 Å². The lowest BCUT2D eigenvalue weighted by atomic mass is 9.89.